The van der Waals surface area contributed by atoms with E-state index in [9.17, 15) is 9.59 Å². The van der Waals surface area contributed by atoms with E-state index in [-0.39, 0.29) is 17.5 Å². The van der Waals surface area contributed by atoms with Gasteiger partial charge in [0.25, 0.3) is 0 Å². The number of unbranched alkanes of at least 4 members (excludes halogenated alkanes) is 3. The molecule has 4 heteroatoms. The highest BCUT2D eigenvalue weighted by Gasteiger charge is 2.34. The van der Waals surface area contributed by atoms with Gasteiger partial charge in [0.05, 0.1) is 0 Å². The Morgan fingerprint density at radius 1 is 1.28 bits per heavy atom. The number of ketones is 1. The number of hydrogen-bond acceptors (Lipinski definition) is 4. The first-order valence-electron chi connectivity index (χ1n) is 6.72. The maximum Gasteiger partial charge on any atom is 0.311 e. The van der Waals surface area contributed by atoms with Crippen LogP contribution in [0.5, 0.6) is 0 Å². The van der Waals surface area contributed by atoms with Crippen LogP contribution in [0.3, 0.4) is 0 Å². The number of allylic oxidation sites excluding steroid dienone is 1. The van der Waals surface area contributed by atoms with E-state index in [1.807, 2.05) is 6.92 Å². The smallest absolute Gasteiger partial charge is 0.311 e. The van der Waals surface area contributed by atoms with Crippen LogP contribution in [0, 0.1) is 0 Å². The Bertz CT molecular complexity index is 344. The van der Waals surface area contributed by atoms with E-state index in [2.05, 4.69) is 6.92 Å². The Balaban J connectivity index is 2.40. The second-order valence-electron chi connectivity index (χ2n) is 4.55. The van der Waals surface area contributed by atoms with Gasteiger partial charge in [-0.1, -0.05) is 33.1 Å². The lowest BCUT2D eigenvalue weighted by molar-refractivity contribution is -0.142. The van der Waals surface area contributed by atoms with Crippen LogP contribution in [0.15, 0.2) is 11.5 Å². The van der Waals surface area contributed by atoms with Crippen LogP contribution in [-0.2, 0) is 19.1 Å². The van der Waals surface area contributed by atoms with Crippen molar-refractivity contribution in [2.24, 2.45) is 0 Å². The summed E-state index contributed by atoms with van der Waals surface area (Å²) in [7, 11) is 0. The summed E-state index contributed by atoms with van der Waals surface area (Å²) in [6.45, 7) is 5.64. The van der Waals surface area contributed by atoms with Crippen LogP contribution < -0.4 is 0 Å². The molecule has 0 aliphatic carbocycles. The summed E-state index contributed by atoms with van der Waals surface area (Å²) in [6, 6.07) is 0. The van der Waals surface area contributed by atoms with Crippen molar-refractivity contribution in [2.45, 2.75) is 65.4 Å². The molecular weight excluding hydrogens is 232 g/mol. The summed E-state index contributed by atoms with van der Waals surface area (Å²) < 4.78 is 10.4. The van der Waals surface area contributed by atoms with Gasteiger partial charge in [0.1, 0.15) is 5.76 Å². The van der Waals surface area contributed by atoms with Gasteiger partial charge in [-0.15, -0.1) is 0 Å². The quantitative estimate of drug-likeness (QED) is 0.517. The lowest BCUT2D eigenvalue weighted by Crippen LogP contribution is -2.19. The third-order valence-electron chi connectivity index (χ3n) is 2.98. The third-order valence-corrected chi connectivity index (χ3v) is 2.98. The number of carbonyl (C=O) groups is 2. The van der Waals surface area contributed by atoms with Crippen LogP contribution in [0.4, 0.5) is 0 Å². The molecule has 0 spiro atoms. The topological polar surface area (TPSA) is 52.6 Å². The predicted molar refractivity (Wildman–Crippen MR) is 67.7 cm³/mol. The fourth-order valence-corrected chi connectivity index (χ4v) is 1.89. The van der Waals surface area contributed by atoms with Crippen molar-refractivity contribution >= 4 is 11.8 Å². The minimum atomic E-state index is -0.479. The molecule has 0 bridgehead atoms. The monoisotopic (exact) mass is 254 g/mol. The van der Waals surface area contributed by atoms with Gasteiger partial charge in [0, 0.05) is 6.42 Å². The lowest BCUT2D eigenvalue weighted by atomic mass is 10.1. The van der Waals surface area contributed by atoms with Crippen molar-refractivity contribution in [1.82, 2.24) is 0 Å². The van der Waals surface area contributed by atoms with E-state index in [4.69, 9.17) is 9.47 Å². The van der Waals surface area contributed by atoms with Crippen molar-refractivity contribution in [2.75, 3.05) is 0 Å². The number of carbonyl (C=O) groups excluding carboxylic acids is 2. The number of esters is 1. The summed E-state index contributed by atoms with van der Waals surface area (Å²) in [5.41, 5.74) is 0. The minimum Gasteiger partial charge on any atom is -0.483 e. The Morgan fingerprint density at radius 2 is 2.00 bits per heavy atom. The van der Waals surface area contributed by atoms with Crippen molar-refractivity contribution in [3.63, 3.8) is 0 Å². The highest BCUT2D eigenvalue weighted by atomic mass is 16.6. The average molecular weight is 254 g/mol. The molecule has 1 atom stereocenters. The molecule has 0 saturated heterocycles. The second-order valence-corrected chi connectivity index (χ2v) is 4.55. The molecule has 0 saturated carbocycles. The summed E-state index contributed by atoms with van der Waals surface area (Å²) in [4.78, 5) is 23.4. The summed E-state index contributed by atoms with van der Waals surface area (Å²) >= 11 is 0. The van der Waals surface area contributed by atoms with Crippen LogP contribution >= 0.6 is 0 Å². The molecule has 1 rings (SSSR count). The molecule has 0 amide bonds. The number of hydrogen-bond donors (Lipinski definition) is 0. The van der Waals surface area contributed by atoms with Gasteiger partial charge in [-0.25, -0.2) is 0 Å². The summed E-state index contributed by atoms with van der Waals surface area (Å²) in [5, 5.41) is 0. The molecule has 102 valence electrons. The highest BCUT2D eigenvalue weighted by Crippen LogP contribution is 2.24. The molecule has 0 aromatic carbocycles. The van der Waals surface area contributed by atoms with Crippen molar-refractivity contribution in [3.05, 3.63) is 11.5 Å². The molecule has 18 heavy (non-hydrogen) atoms. The van der Waals surface area contributed by atoms with E-state index < -0.39 is 6.10 Å². The number of Topliss-reactive ketones (excluding diaryl/α,β-unsaturated/α-hetero) is 1. The highest BCUT2D eigenvalue weighted by molar-refractivity contribution is 6.01. The van der Waals surface area contributed by atoms with Gasteiger partial charge in [0.15, 0.2) is 6.10 Å². The van der Waals surface area contributed by atoms with E-state index in [0.717, 1.165) is 25.7 Å². The first kappa shape index (κ1) is 14.7. The first-order chi connectivity index (χ1) is 8.60. The van der Waals surface area contributed by atoms with E-state index in [1.165, 1.54) is 0 Å². The van der Waals surface area contributed by atoms with Crippen LogP contribution in [-0.4, -0.2) is 17.9 Å². The first-order valence-corrected chi connectivity index (χ1v) is 6.72. The Morgan fingerprint density at radius 3 is 2.56 bits per heavy atom. The van der Waals surface area contributed by atoms with Gasteiger partial charge in [-0.3, -0.25) is 9.59 Å². The van der Waals surface area contributed by atoms with Crippen LogP contribution in [0.1, 0.15) is 59.3 Å². The van der Waals surface area contributed by atoms with Gasteiger partial charge in [-0.05, 0) is 19.8 Å². The van der Waals surface area contributed by atoms with E-state index in [0.29, 0.717) is 18.6 Å². The maximum absolute atomic E-state index is 11.8. The molecule has 4 nitrogen and oxygen atoms in total. The maximum atomic E-state index is 11.8. The van der Waals surface area contributed by atoms with E-state index in [1.54, 1.807) is 6.92 Å². The van der Waals surface area contributed by atoms with Crippen molar-refractivity contribution < 1.29 is 19.1 Å². The SMILES string of the molecule is CCCCCCC(=O)OC1=C(C)OC(CC)C1=O. The molecule has 0 fully saturated rings. The molecule has 0 N–H and O–H groups in total. The van der Waals surface area contributed by atoms with Crippen LogP contribution in [0.25, 0.3) is 0 Å². The summed E-state index contributed by atoms with van der Waals surface area (Å²) in [6.07, 6.45) is 4.55. The number of rotatable bonds is 7. The Labute approximate surface area is 108 Å². The molecule has 0 radical (unpaired) electrons. The molecule has 1 heterocycles. The van der Waals surface area contributed by atoms with Gasteiger partial charge in [-0.2, -0.15) is 0 Å². The molecule has 1 aliphatic heterocycles. The average Bonchev–Trinajstić information content (AvgIpc) is 2.62. The molecule has 1 aliphatic rings. The molecular formula is C14H22O4. The summed E-state index contributed by atoms with van der Waals surface area (Å²) in [5.74, 6) is -0.0258. The lowest BCUT2D eigenvalue weighted by Gasteiger charge is -2.05. The van der Waals surface area contributed by atoms with Crippen molar-refractivity contribution in [1.29, 1.82) is 0 Å². The van der Waals surface area contributed by atoms with E-state index >= 15 is 0 Å². The Hall–Kier alpha value is -1.32. The third kappa shape index (κ3) is 3.86. The van der Waals surface area contributed by atoms with Crippen molar-refractivity contribution in [3.8, 4) is 0 Å². The number of ether oxygens (including phenoxy) is 2. The Kier molecular flexibility index (Phi) is 5.89. The van der Waals surface area contributed by atoms with Gasteiger partial charge in [0.2, 0.25) is 11.5 Å². The molecule has 0 aromatic rings. The van der Waals surface area contributed by atoms with Crippen LogP contribution in [0.2, 0.25) is 0 Å². The fourth-order valence-electron chi connectivity index (χ4n) is 1.89. The molecule has 1 unspecified atom stereocenters. The fraction of sp³-hybridized carbons (Fsp3) is 0.714. The van der Waals surface area contributed by atoms with Gasteiger partial charge >= 0.3 is 5.97 Å². The minimum absolute atomic E-state index is 0.0994. The molecule has 0 aromatic heterocycles. The zero-order valence-corrected chi connectivity index (χ0v) is 11.5. The zero-order chi connectivity index (χ0) is 13.5. The zero-order valence-electron chi connectivity index (χ0n) is 11.5. The second kappa shape index (κ2) is 7.19. The van der Waals surface area contributed by atoms with Gasteiger partial charge < -0.3 is 9.47 Å². The standard InChI is InChI=1S/C14H22O4/c1-4-6-7-8-9-12(15)18-14-10(3)17-11(5-2)13(14)16/h11H,4-9H2,1-3H3. The largest absolute Gasteiger partial charge is 0.483 e. The normalized spacial score (nSPS) is 19.1. The predicted octanol–water partition coefficient (Wildman–Crippen LogP) is 3.11.